The molecule has 3 aromatic heterocycles. The zero-order valence-corrected chi connectivity index (χ0v) is 14.2. The van der Waals surface area contributed by atoms with E-state index in [9.17, 15) is 0 Å². The van der Waals surface area contributed by atoms with Crippen molar-refractivity contribution in [1.29, 1.82) is 0 Å². The summed E-state index contributed by atoms with van der Waals surface area (Å²) in [5.74, 6) is 0.815. The summed E-state index contributed by atoms with van der Waals surface area (Å²) in [6.07, 6.45) is 7.45. The van der Waals surface area contributed by atoms with Crippen molar-refractivity contribution in [2.45, 2.75) is 11.8 Å². The zero-order chi connectivity index (χ0) is 16.5. The summed E-state index contributed by atoms with van der Waals surface area (Å²) >= 11 is 1.52. The molecule has 4 aromatic rings. The highest BCUT2D eigenvalue weighted by molar-refractivity contribution is 8.00. The lowest BCUT2D eigenvalue weighted by molar-refractivity contribution is 0.798. The van der Waals surface area contributed by atoms with Crippen LogP contribution in [0, 0.1) is 6.92 Å². The van der Waals surface area contributed by atoms with Gasteiger partial charge in [0.25, 0.3) is 0 Å². The number of aromatic nitrogens is 5. The molecule has 1 N–H and O–H groups in total. The molecule has 0 unspecified atom stereocenters. The molecular weight excluding hydrogens is 320 g/mol. The fourth-order valence-corrected chi connectivity index (χ4v) is 3.20. The summed E-state index contributed by atoms with van der Waals surface area (Å²) in [7, 11) is 1.94. The molecule has 0 spiro atoms. The smallest absolute Gasteiger partial charge is 0.153 e. The van der Waals surface area contributed by atoms with Gasteiger partial charge in [-0.1, -0.05) is 12.1 Å². The topological polar surface area (TPSA) is 60.6 Å². The molecule has 3 heterocycles. The summed E-state index contributed by atoms with van der Waals surface area (Å²) in [6.45, 7) is 2.04. The van der Waals surface area contributed by atoms with E-state index in [2.05, 4.69) is 26.0 Å². The molecule has 0 atom stereocenters. The van der Waals surface area contributed by atoms with Crippen molar-refractivity contribution in [2.75, 3.05) is 4.72 Å². The van der Waals surface area contributed by atoms with E-state index in [4.69, 9.17) is 0 Å². The maximum absolute atomic E-state index is 4.39. The lowest BCUT2D eigenvalue weighted by atomic mass is 10.2. The minimum absolute atomic E-state index is 0.815. The Hall–Kier alpha value is -2.80. The van der Waals surface area contributed by atoms with Crippen LogP contribution in [0.4, 0.5) is 5.69 Å². The summed E-state index contributed by atoms with van der Waals surface area (Å²) in [4.78, 5) is 5.36. The Morgan fingerprint density at radius 1 is 1.12 bits per heavy atom. The summed E-state index contributed by atoms with van der Waals surface area (Å²) < 4.78 is 7.04. The predicted molar refractivity (Wildman–Crippen MR) is 96.3 cm³/mol. The van der Waals surface area contributed by atoms with Crippen LogP contribution < -0.4 is 4.72 Å². The number of hydrogen-bond donors (Lipinski definition) is 1. The largest absolute Gasteiger partial charge is 0.324 e. The van der Waals surface area contributed by atoms with E-state index in [1.807, 2.05) is 61.5 Å². The number of hydrogen-bond acceptors (Lipinski definition) is 5. The van der Waals surface area contributed by atoms with E-state index in [1.165, 1.54) is 11.9 Å². The van der Waals surface area contributed by atoms with Gasteiger partial charge >= 0.3 is 0 Å². The number of fused-ring (bicyclic) bond motifs is 1. The van der Waals surface area contributed by atoms with Crippen LogP contribution in [0.2, 0.25) is 0 Å². The fourth-order valence-electron chi connectivity index (χ4n) is 2.56. The Balaban J connectivity index is 1.55. The number of pyridine rings is 1. The molecule has 0 amide bonds. The van der Waals surface area contributed by atoms with Gasteiger partial charge in [-0.3, -0.25) is 4.68 Å². The van der Waals surface area contributed by atoms with Crippen molar-refractivity contribution in [3.05, 3.63) is 60.7 Å². The van der Waals surface area contributed by atoms with E-state index in [1.54, 1.807) is 10.9 Å². The van der Waals surface area contributed by atoms with Gasteiger partial charge in [-0.25, -0.2) is 9.67 Å². The number of benzene rings is 1. The van der Waals surface area contributed by atoms with E-state index in [-0.39, 0.29) is 0 Å². The van der Waals surface area contributed by atoms with Gasteiger partial charge in [0, 0.05) is 24.8 Å². The van der Waals surface area contributed by atoms with Crippen molar-refractivity contribution < 1.29 is 0 Å². The van der Waals surface area contributed by atoms with E-state index < -0.39 is 0 Å². The molecule has 0 aliphatic rings. The molecule has 1 aromatic carbocycles. The molecule has 0 bridgehead atoms. The molecule has 6 nitrogen and oxygen atoms in total. The average molecular weight is 336 g/mol. The van der Waals surface area contributed by atoms with Gasteiger partial charge < -0.3 is 4.72 Å². The Morgan fingerprint density at radius 3 is 2.92 bits per heavy atom. The molecule has 0 aliphatic heterocycles. The summed E-state index contributed by atoms with van der Waals surface area (Å²) in [6, 6.07) is 10.1. The normalized spacial score (nSPS) is 11.1. The van der Waals surface area contributed by atoms with Crippen LogP contribution in [0.5, 0.6) is 0 Å². The second-order valence-corrected chi connectivity index (χ2v) is 6.41. The Morgan fingerprint density at radius 2 is 2.04 bits per heavy atom. The minimum atomic E-state index is 0.815. The highest BCUT2D eigenvalue weighted by Crippen LogP contribution is 2.27. The molecule has 0 saturated heterocycles. The maximum Gasteiger partial charge on any atom is 0.153 e. The Bertz CT molecular complexity index is 1000. The van der Waals surface area contributed by atoms with Gasteiger partial charge in [0.1, 0.15) is 0 Å². The number of nitrogens with one attached hydrogen (secondary N) is 1. The first kappa shape index (κ1) is 14.8. The van der Waals surface area contributed by atoms with Crippen LogP contribution in [0.25, 0.3) is 16.7 Å². The van der Waals surface area contributed by atoms with Crippen molar-refractivity contribution in [3.8, 4) is 5.82 Å². The molecule has 0 saturated carbocycles. The summed E-state index contributed by atoms with van der Waals surface area (Å²) in [5, 5.41) is 9.81. The maximum atomic E-state index is 4.39. The Labute approximate surface area is 143 Å². The summed E-state index contributed by atoms with van der Waals surface area (Å²) in [5.41, 5.74) is 3.27. The SMILES string of the molecule is Cc1ccnc(-n2cc(SNc3cccc4cnn(C)c34)cn2)c1. The molecular formula is C17H16N6S. The lowest BCUT2D eigenvalue weighted by Gasteiger charge is -2.06. The molecule has 0 aliphatic carbocycles. The van der Waals surface area contributed by atoms with Gasteiger partial charge in [0.05, 0.1) is 28.5 Å². The Kier molecular flexibility index (Phi) is 3.70. The number of aryl methyl sites for hydroxylation is 2. The first-order chi connectivity index (χ1) is 11.7. The zero-order valence-electron chi connectivity index (χ0n) is 13.3. The van der Waals surface area contributed by atoms with Gasteiger partial charge in [0.15, 0.2) is 5.82 Å². The van der Waals surface area contributed by atoms with Crippen molar-refractivity contribution in [2.24, 2.45) is 7.05 Å². The third kappa shape index (κ3) is 2.74. The highest BCUT2D eigenvalue weighted by Gasteiger charge is 2.07. The highest BCUT2D eigenvalue weighted by atomic mass is 32.2. The molecule has 24 heavy (non-hydrogen) atoms. The second kappa shape index (κ2) is 6.01. The van der Waals surface area contributed by atoms with Crippen molar-refractivity contribution in [1.82, 2.24) is 24.5 Å². The second-order valence-electron chi connectivity index (χ2n) is 5.53. The molecule has 0 fully saturated rings. The van der Waals surface area contributed by atoms with Crippen LogP contribution >= 0.6 is 11.9 Å². The quantitative estimate of drug-likeness (QED) is 0.577. The number of rotatable bonds is 4. The third-order valence-corrected chi connectivity index (χ3v) is 4.50. The minimum Gasteiger partial charge on any atom is -0.324 e. The van der Waals surface area contributed by atoms with Gasteiger partial charge in [-0.05, 0) is 42.6 Å². The van der Waals surface area contributed by atoms with Crippen molar-refractivity contribution in [3.63, 3.8) is 0 Å². The lowest BCUT2D eigenvalue weighted by Crippen LogP contribution is -1.97. The molecule has 0 radical (unpaired) electrons. The fraction of sp³-hybridized carbons (Fsp3) is 0.118. The number of anilines is 1. The molecule has 7 heteroatoms. The standard InChI is InChI=1S/C17H16N6S/c1-12-6-7-18-16(8-12)23-11-14(10-20-23)24-21-15-5-3-4-13-9-19-22(2)17(13)15/h3-11,21H,1-2H3. The first-order valence-electron chi connectivity index (χ1n) is 7.52. The predicted octanol–water partition coefficient (Wildman–Crippen LogP) is 3.58. The van der Waals surface area contributed by atoms with Crippen LogP contribution in [0.3, 0.4) is 0 Å². The van der Waals surface area contributed by atoms with Crippen LogP contribution in [-0.2, 0) is 7.05 Å². The van der Waals surface area contributed by atoms with Gasteiger partial charge in [-0.2, -0.15) is 10.2 Å². The van der Waals surface area contributed by atoms with Gasteiger partial charge in [0.2, 0.25) is 0 Å². The molecule has 120 valence electrons. The average Bonchev–Trinajstić information content (AvgIpc) is 3.21. The van der Waals surface area contributed by atoms with Gasteiger partial charge in [-0.15, -0.1) is 0 Å². The van der Waals surface area contributed by atoms with Crippen LogP contribution in [0.15, 0.2) is 60.0 Å². The van der Waals surface area contributed by atoms with E-state index in [0.717, 1.165) is 32.9 Å². The number of para-hydroxylation sites is 1. The van der Waals surface area contributed by atoms with Crippen LogP contribution in [-0.4, -0.2) is 24.5 Å². The monoisotopic (exact) mass is 336 g/mol. The third-order valence-electron chi connectivity index (χ3n) is 3.73. The number of nitrogens with zero attached hydrogens (tertiary/aromatic N) is 5. The van der Waals surface area contributed by atoms with E-state index >= 15 is 0 Å². The molecule has 4 rings (SSSR count). The first-order valence-corrected chi connectivity index (χ1v) is 8.33. The van der Waals surface area contributed by atoms with Crippen LogP contribution in [0.1, 0.15) is 5.56 Å². The van der Waals surface area contributed by atoms with Crippen molar-refractivity contribution >= 4 is 28.5 Å². The van der Waals surface area contributed by atoms with E-state index in [0.29, 0.717) is 0 Å².